The Kier molecular flexibility index (Phi) is 1.49. The molecule has 4 amide bonds. The van der Waals surface area contributed by atoms with Crippen molar-refractivity contribution in [2.75, 3.05) is 0 Å². The van der Waals surface area contributed by atoms with Gasteiger partial charge < -0.3 is 10.6 Å². The van der Waals surface area contributed by atoms with E-state index >= 15 is 0 Å². The van der Waals surface area contributed by atoms with Crippen LogP contribution in [0.4, 0.5) is 9.59 Å². The highest BCUT2D eigenvalue weighted by atomic mass is 35.5. The molecule has 0 aromatic carbocycles. The maximum atomic E-state index is 10.9. The van der Waals surface area contributed by atoms with E-state index in [2.05, 4.69) is 10.6 Å². The van der Waals surface area contributed by atoms with Crippen LogP contribution >= 0.6 is 23.6 Å². The predicted molar refractivity (Wildman–Crippen MR) is 40.0 cm³/mol. The van der Waals surface area contributed by atoms with Crippen molar-refractivity contribution < 1.29 is 9.59 Å². The first-order valence-electron chi connectivity index (χ1n) is 3.12. The topological polar surface area (TPSA) is 64.7 Å². The summed E-state index contributed by atoms with van der Waals surface area (Å²) >= 11 is 11.0. The van der Waals surface area contributed by atoms with Gasteiger partial charge in [-0.25, -0.2) is 18.4 Å². The van der Waals surface area contributed by atoms with Gasteiger partial charge in [-0.1, -0.05) is 0 Å². The van der Waals surface area contributed by atoms with Crippen molar-refractivity contribution in [3.05, 3.63) is 0 Å². The number of hydrogen-bond acceptors (Lipinski definition) is 2. The Morgan fingerprint density at radius 2 is 1.33 bits per heavy atom. The lowest BCUT2D eigenvalue weighted by Gasteiger charge is -2.11. The zero-order valence-corrected chi connectivity index (χ0v) is 7.13. The average Bonchev–Trinajstić information content (AvgIpc) is 2.43. The fourth-order valence-corrected chi connectivity index (χ4v) is 1.56. The first-order chi connectivity index (χ1) is 5.61. The van der Waals surface area contributed by atoms with Crippen LogP contribution < -0.4 is 10.6 Å². The molecule has 2 atom stereocenters. The third-order valence-electron chi connectivity index (χ3n) is 1.72. The van der Waals surface area contributed by atoms with Crippen molar-refractivity contribution in [3.8, 4) is 0 Å². The van der Waals surface area contributed by atoms with Crippen molar-refractivity contribution in [1.82, 2.24) is 19.5 Å². The second kappa shape index (κ2) is 2.30. The maximum Gasteiger partial charge on any atom is 0.335 e. The number of amides is 4. The molecule has 2 fully saturated rings. The predicted octanol–water partition coefficient (Wildman–Crippen LogP) is -0.00340. The van der Waals surface area contributed by atoms with E-state index in [0.29, 0.717) is 0 Å². The minimum absolute atomic E-state index is 0.475. The molecule has 2 aliphatic rings. The van der Waals surface area contributed by atoms with Gasteiger partial charge in [-0.2, -0.15) is 0 Å². The lowest BCUT2D eigenvalue weighted by molar-refractivity contribution is 0.221. The monoisotopic (exact) mass is 210 g/mol. The molecule has 0 radical (unpaired) electrons. The summed E-state index contributed by atoms with van der Waals surface area (Å²) in [4.78, 5) is 21.8. The van der Waals surface area contributed by atoms with E-state index in [1.807, 2.05) is 0 Å². The van der Waals surface area contributed by atoms with Gasteiger partial charge in [-0.15, -0.1) is 0 Å². The van der Waals surface area contributed by atoms with Crippen LogP contribution in [0.15, 0.2) is 0 Å². The fourth-order valence-electron chi connectivity index (χ4n) is 1.15. The number of rotatable bonds is 0. The summed E-state index contributed by atoms with van der Waals surface area (Å²) in [6.45, 7) is 0. The minimum atomic E-state index is -0.593. The van der Waals surface area contributed by atoms with Crippen LogP contribution in [-0.2, 0) is 0 Å². The smallest absolute Gasteiger partial charge is 0.312 e. The third kappa shape index (κ3) is 0.818. The standard InChI is InChI=1S/C4H4Cl2N4O2/c5-9-1-2(8-4(9)12)10(6)3(11)7-1/h1-2H,(H,7,11)(H,8,12)/t1-,2-/m1/s1. The number of nitrogens with zero attached hydrogens (tertiary/aromatic N) is 2. The van der Waals surface area contributed by atoms with Crippen LogP contribution in [0.1, 0.15) is 0 Å². The number of nitrogens with one attached hydrogen (secondary N) is 2. The molecule has 0 spiro atoms. The molecule has 0 unspecified atom stereocenters. The number of urea groups is 2. The molecule has 2 aliphatic heterocycles. The SMILES string of the molecule is O=C1N[C@H]2[C@H](NC(=O)N2Cl)N1Cl. The van der Waals surface area contributed by atoms with E-state index in [4.69, 9.17) is 23.6 Å². The van der Waals surface area contributed by atoms with Crippen LogP contribution in [0.5, 0.6) is 0 Å². The molecular weight excluding hydrogens is 207 g/mol. The van der Waals surface area contributed by atoms with E-state index in [-0.39, 0.29) is 0 Å². The Balaban J connectivity index is 2.24. The molecule has 8 heteroatoms. The number of carbonyl (C=O) groups excluding carboxylic acids is 2. The highest BCUT2D eigenvalue weighted by Crippen LogP contribution is 2.23. The molecule has 2 saturated heterocycles. The van der Waals surface area contributed by atoms with Crippen molar-refractivity contribution >= 4 is 35.6 Å². The van der Waals surface area contributed by atoms with E-state index < -0.39 is 24.4 Å². The Morgan fingerprint density at radius 3 is 1.67 bits per heavy atom. The number of fused-ring (bicyclic) bond motifs is 1. The van der Waals surface area contributed by atoms with Crippen molar-refractivity contribution in [2.24, 2.45) is 0 Å². The summed E-state index contributed by atoms with van der Waals surface area (Å²) in [6, 6.07) is -0.949. The molecule has 2 N–H and O–H groups in total. The lowest BCUT2D eigenvalue weighted by atomic mass is 10.4. The molecule has 0 bridgehead atoms. The van der Waals surface area contributed by atoms with Gasteiger partial charge in [0.25, 0.3) is 0 Å². The molecule has 66 valence electrons. The third-order valence-corrected chi connectivity index (χ3v) is 2.45. The first-order valence-corrected chi connectivity index (χ1v) is 3.80. The average molecular weight is 211 g/mol. The van der Waals surface area contributed by atoms with E-state index in [1.165, 1.54) is 0 Å². The lowest BCUT2D eigenvalue weighted by Crippen LogP contribution is -2.38. The van der Waals surface area contributed by atoms with Gasteiger partial charge in [0.05, 0.1) is 0 Å². The molecule has 0 aliphatic carbocycles. The molecule has 2 rings (SSSR count). The molecule has 6 nitrogen and oxygen atoms in total. The van der Waals surface area contributed by atoms with Crippen molar-refractivity contribution in [1.29, 1.82) is 0 Å². The zero-order chi connectivity index (χ0) is 8.88. The van der Waals surface area contributed by atoms with Crippen molar-refractivity contribution in [3.63, 3.8) is 0 Å². The largest absolute Gasteiger partial charge is 0.335 e. The van der Waals surface area contributed by atoms with Crippen LogP contribution in [0, 0.1) is 0 Å². The normalized spacial score (nSPS) is 33.5. The van der Waals surface area contributed by atoms with Gasteiger partial charge in [-0.05, 0) is 0 Å². The summed E-state index contributed by atoms with van der Waals surface area (Å²) < 4.78 is 1.73. The number of carbonyl (C=O) groups is 2. The second-order valence-electron chi connectivity index (χ2n) is 2.41. The first kappa shape index (κ1) is 7.75. The molecule has 0 aromatic heterocycles. The zero-order valence-electron chi connectivity index (χ0n) is 5.62. The number of hydrogen-bond donors (Lipinski definition) is 2. The van der Waals surface area contributed by atoms with Gasteiger partial charge in [-0.3, -0.25) is 0 Å². The van der Waals surface area contributed by atoms with E-state index in [1.54, 1.807) is 0 Å². The second-order valence-corrected chi connectivity index (χ2v) is 3.14. The van der Waals surface area contributed by atoms with Crippen LogP contribution in [0.25, 0.3) is 0 Å². The van der Waals surface area contributed by atoms with Gasteiger partial charge in [0.15, 0.2) is 12.3 Å². The quantitative estimate of drug-likeness (QED) is 0.553. The summed E-state index contributed by atoms with van der Waals surface area (Å²) in [6.07, 6.45) is -1.19. The Morgan fingerprint density at radius 1 is 1.00 bits per heavy atom. The van der Waals surface area contributed by atoms with Crippen LogP contribution in [-0.4, -0.2) is 33.2 Å². The highest BCUT2D eigenvalue weighted by molar-refractivity contribution is 6.25. The molecular formula is C4H4Cl2N4O2. The summed E-state index contributed by atoms with van der Waals surface area (Å²) in [5.41, 5.74) is 0. The summed E-state index contributed by atoms with van der Waals surface area (Å²) in [5.74, 6) is 0. The highest BCUT2D eigenvalue weighted by Gasteiger charge is 2.50. The van der Waals surface area contributed by atoms with Crippen LogP contribution in [0.2, 0.25) is 0 Å². The molecule has 2 heterocycles. The van der Waals surface area contributed by atoms with Crippen molar-refractivity contribution in [2.45, 2.75) is 12.3 Å². The Hall–Kier alpha value is -0.880. The minimum Gasteiger partial charge on any atom is -0.312 e. The molecule has 0 saturated carbocycles. The molecule has 0 aromatic rings. The summed E-state index contributed by atoms with van der Waals surface area (Å²) in [5, 5.41) is 4.82. The van der Waals surface area contributed by atoms with Gasteiger partial charge in [0.1, 0.15) is 0 Å². The number of halogens is 2. The fraction of sp³-hybridized carbons (Fsp3) is 0.500. The van der Waals surface area contributed by atoms with E-state index in [9.17, 15) is 9.59 Å². The van der Waals surface area contributed by atoms with Gasteiger partial charge >= 0.3 is 12.1 Å². The Bertz CT molecular complexity index is 233. The Labute approximate surface area is 77.6 Å². The van der Waals surface area contributed by atoms with Crippen LogP contribution in [0.3, 0.4) is 0 Å². The van der Waals surface area contributed by atoms with E-state index in [0.717, 1.165) is 8.84 Å². The van der Waals surface area contributed by atoms with Gasteiger partial charge in [0, 0.05) is 23.6 Å². The summed E-state index contributed by atoms with van der Waals surface area (Å²) in [7, 11) is 0. The maximum absolute atomic E-state index is 10.9. The van der Waals surface area contributed by atoms with Gasteiger partial charge in [0.2, 0.25) is 0 Å². The molecule has 12 heavy (non-hydrogen) atoms.